The Labute approximate surface area is 204 Å². The molecule has 182 valence electrons. The fraction of sp³-hybridized carbons (Fsp3) is 0.222. The maximum atomic E-state index is 12.6. The zero-order valence-corrected chi connectivity index (χ0v) is 19.7. The van der Waals surface area contributed by atoms with Gasteiger partial charge >= 0.3 is 6.16 Å². The Morgan fingerprint density at radius 3 is 2.34 bits per heavy atom. The first-order chi connectivity index (χ1) is 17.0. The minimum atomic E-state index is -0.797. The van der Waals surface area contributed by atoms with Crippen LogP contribution < -0.4 is 20.1 Å². The monoisotopic (exact) mass is 476 g/mol. The van der Waals surface area contributed by atoms with Crippen LogP contribution in [0.3, 0.4) is 0 Å². The summed E-state index contributed by atoms with van der Waals surface area (Å²) in [6, 6.07) is 21.0. The van der Waals surface area contributed by atoms with Gasteiger partial charge in [-0.1, -0.05) is 24.3 Å². The molecule has 35 heavy (non-hydrogen) atoms. The number of methoxy groups -OCH3 is 1. The number of ether oxygens (including phenoxy) is 3. The first kappa shape index (κ1) is 25.3. The highest BCUT2D eigenvalue weighted by atomic mass is 16.7. The number of amides is 2. The van der Waals surface area contributed by atoms with E-state index in [9.17, 15) is 14.4 Å². The van der Waals surface area contributed by atoms with E-state index in [0.717, 1.165) is 16.9 Å². The highest BCUT2D eigenvalue weighted by Gasteiger charge is 2.10. The number of rotatable bonds is 10. The number of anilines is 1. The molecule has 0 bridgehead atoms. The summed E-state index contributed by atoms with van der Waals surface area (Å²) in [5.74, 6) is 0.673. The molecule has 0 fully saturated rings. The normalized spacial score (nSPS) is 10.2. The molecule has 0 atom stereocenters. The summed E-state index contributed by atoms with van der Waals surface area (Å²) >= 11 is 0. The van der Waals surface area contributed by atoms with Gasteiger partial charge in [-0.15, -0.1) is 0 Å². The van der Waals surface area contributed by atoms with E-state index in [1.165, 1.54) is 12.1 Å². The smallest absolute Gasteiger partial charge is 0.497 e. The molecular weight excluding hydrogens is 448 g/mol. The predicted octanol–water partition coefficient (Wildman–Crippen LogP) is 4.73. The maximum absolute atomic E-state index is 12.6. The Kier molecular flexibility index (Phi) is 9.24. The molecule has 8 nitrogen and oxygen atoms in total. The molecule has 3 rings (SSSR count). The van der Waals surface area contributed by atoms with Gasteiger partial charge in [-0.05, 0) is 73.0 Å². The summed E-state index contributed by atoms with van der Waals surface area (Å²) in [7, 11) is 1.61. The third-order valence-electron chi connectivity index (χ3n) is 5.03. The summed E-state index contributed by atoms with van der Waals surface area (Å²) in [4.78, 5) is 36.2. The highest BCUT2D eigenvalue weighted by Crippen LogP contribution is 2.17. The molecule has 2 amide bonds. The standard InChI is InChI=1S/C27H28N2O6/c1-3-34-27(32)35-23-13-11-21(12-14-23)26(31)29-22-8-4-7-20(16-22)18-28-25(30)15-10-19-6-5-9-24(17-19)33-2/h4-9,11-14,16-17H,3,10,15,18H2,1-2H3,(H,28,30)(H,29,31). The van der Waals surface area contributed by atoms with E-state index in [2.05, 4.69) is 10.6 Å². The van der Waals surface area contributed by atoms with Crippen LogP contribution in [0.2, 0.25) is 0 Å². The lowest BCUT2D eigenvalue weighted by Crippen LogP contribution is -2.23. The van der Waals surface area contributed by atoms with Gasteiger partial charge in [0.25, 0.3) is 5.91 Å². The van der Waals surface area contributed by atoms with Gasteiger partial charge in [0.1, 0.15) is 11.5 Å². The van der Waals surface area contributed by atoms with E-state index in [4.69, 9.17) is 14.2 Å². The van der Waals surface area contributed by atoms with E-state index in [1.807, 2.05) is 36.4 Å². The quantitative estimate of drug-likeness (QED) is 0.324. The maximum Gasteiger partial charge on any atom is 0.513 e. The molecule has 0 aliphatic heterocycles. The van der Waals surface area contributed by atoms with Crippen LogP contribution in [-0.2, 0) is 22.5 Å². The van der Waals surface area contributed by atoms with Crippen LogP contribution >= 0.6 is 0 Å². The summed E-state index contributed by atoms with van der Waals surface area (Å²) in [5, 5.41) is 5.73. The van der Waals surface area contributed by atoms with Crippen LogP contribution in [-0.4, -0.2) is 31.7 Å². The average molecular weight is 477 g/mol. The molecule has 0 aliphatic rings. The summed E-state index contributed by atoms with van der Waals surface area (Å²) in [6.07, 6.45) is 0.177. The Bertz CT molecular complexity index is 1160. The lowest BCUT2D eigenvalue weighted by molar-refractivity contribution is -0.121. The van der Waals surface area contributed by atoms with E-state index < -0.39 is 6.16 Å². The lowest BCUT2D eigenvalue weighted by Gasteiger charge is -2.10. The van der Waals surface area contributed by atoms with Crippen LogP contribution in [0.4, 0.5) is 10.5 Å². The summed E-state index contributed by atoms with van der Waals surface area (Å²) in [6.45, 7) is 2.24. The van der Waals surface area contributed by atoms with E-state index in [-0.39, 0.29) is 24.2 Å². The molecule has 0 aliphatic carbocycles. The molecule has 8 heteroatoms. The van der Waals surface area contributed by atoms with Gasteiger partial charge in [-0.3, -0.25) is 9.59 Å². The van der Waals surface area contributed by atoms with Gasteiger partial charge in [0, 0.05) is 24.2 Å². The molecule has 0 saturated heterocycles. The zero-order valence-electron chi connectivity index (χ0n) is 19.7. The van der Waals surface area contributed by atoms with Crippen LogP contribution in [0.15, 0.2) is 72.8 Å². The van der Waals surface area contributed by atoms with Gasteiger partial charge in [-0.25, -0.2) is 4.79 Å². The lowest BCUT2D eigenvalue weighted by atomic mass is 10.1. The van der Waals surface area contributed by atoms with Crippen molar-refractivity contribution >= 4 is 23.7 Å². The van der Waals surface area contributed by atoms with E-state index in [0.29, 0.717) is 30.6 Å². The molecule has 2 N–H and O–H groups in total. The molecule has 0 radical (unpaired) electrons. The van der Waals surface area contributed by atoms with Crippen LogP contribution in [0.25, 0.3) is 0 Å². The fourth-order valence-corrected chi connectivity index (χ4v) is 3.26. The number of carbonyl (C=O) groups is 3. The largest absolute Gasteiger partial charge is 0.513 e. The second-order valence-corrected chi connectivity index (χ2v) is 7.59. The molecular formula is C27H28N2O6. The Morgan fingerprint density at radius 1 is 0.857 bits per heavy atom. The van der Waals surface area contributed by atoms with Crippen molar-refractivity contribution < 1.29 is 28.6 Å². The third-order valence-corrected chi connectivity index (χ3v) is 5.03. The minimum Gasteiger partial charge on any atom is -0.497 e. The van der Waals surface area contributed by atoms with Crippen molar-refractivity contribution in [2.24, 2.45) is 0 Å². The topological polar surface area (TPSA) is 103 Å². The number of hydrogen-bond donors (Lipinski definition) is 2. The van der Waals surface area contributed by atoms with Crippen LogP contribution in [0, 0.1) is 0 Å². The molecule has 0 spiro atoms. The average Bonchev–Trinajstić information content (AvgIpc) is 2.87. The Hall–Kier alpha value is -4.33. The summed E-state index contributed by atoms with van der Waals surface area (Å²) < 4.78 is 14.9. The molecule has 3 aromatic rings. The minimum absolute atomic E-state index is 0.0626. The molecule has 0 aromatic heterocycles. The molecule has 0 saturated carbocycles. The second-order valence-electron chi connectivity index (χ2n) is 7.59. The van der Waals surface area contributed by atoms with Crippen molar-refractivity contribution in [1.29, 1.82) is 0 Å². The predicted molar refractivity (Wildman–Crippen MR) is 132 cm³/mol. The van der Waals surface area contributed by atoms with Crippen molar-refractivity contribution in [1.82, 2.24) is 5.32 Å². The molecule has 0 heterocycles. The first-order valence-corrected chi connectivity index (χ1v) is 11.2. The van der Waals surface area contributed by atoms with Crippen molar-refractivity contribution in [3.05, 3.63) is 89.5 Å². The van der Waals surface area contributed by atoms with Crippen LogP contribution in [0.1, 0.15) is 34.8 Å². The Morgan fingerprint density at radius 2 is 1.60 bits per heavy atom. The first-order valence-electron chi connectivity index (χ1n) is 11.2. The number of aryl methyl sites for hydroxylation is 1. The van der Waals surface area contributed by atoms with Crippen LogP contribution in [0.5, 0.6) is 11.5 Å². The van der Waals surface area contributed by atoms with Gasteiger partial charge in [-0.2, -0.15) is 0 Å². The van der Waals surface area contributed by atoms with E-state index in [1.54, 1.807) is 38.3 Å². The molecule has 0 unspecified atom stereocenters. The summed E-state index contributed by atoms with van der Waals surface area (Å²) in [5.41, 5.74) is 2.89. The van der Waals surface area contributed by atoms with Gasteiger partial charge in [0.2, 0.25) is 5.91 Å². The number of carbonyl (C=O) groups excluding carboxylic acids is 3. The number of hydrogen-bond acceptors (Lipinski definition) is 6. The number of benzene rings is 3. The van der Waals surface area contributed by atoms with Crippen molar-refractivity contribution in [2.75, 3.05) is 19.0 Å². The Balaban J connectivity index is 1.48. The van der Waals surface area contributed by atoms with Crippen molar-refractivity contribution in [3.8, 4) is 11.5 Å². The number of nitrogens with one attached hydrogen (secondary N) is 2. The third kappa shape index (κ3) is 8.19. The van der Waals surface area contributed by atoms with Gasteiger partial charge in [0.15, 0.2) is 0 Å². The second kappa shape index (κ2) is 12.8. The fourth-order valence-electron chi connectivity index (χ4n) is 3.26. The zero-order chi connectivity index (χ0) is 25.0. The van der Waals surface area contributed by atoms with Crippen molar-refractivity contribution in [3.63, 3.8) is 0 Å². The molecule has 3 aromatic carbocycles. The highest BCUT2D eigenvalue weighted by molar-refractivity contribution is 6.04. The van der Waals surface area contributed by atoms with E-state index >= 15 is 0 Å². The van der Waals surface area contributed by atoms with Gasteiger partial charge in [0.05, 0.1) is 13.7 Å². The van der Waals surface area contributed by atoms with Crippen molar-refractivity contribution in [2.45, 2.75) is 26.3 Å². The van der Waals surface area contributed by atoms with Gasteiger partial charge < -0.3 is 24.8 Å². The SMILES string of the molecule is CCOC(=O)Oc1ccc(C(=O)Nc2cccc(CNC(=O)CCc3cccc(OC)c3)c2)cc1.